The van der Waals surface area contributed by atoms with E-state index in [1.807, 2.05) is 24.4 Å². The molecule has 0 fully saturated rings. The fourth-order valence-corrected chi connectivity index (χ4v) is 9.41. The number of aryl methyl sites for hydroxylation is 1. The third-order valence-electron chi connectivity index (χ3n) is 12.6. The Bertz CT molecular complexity index is 3190. The number of nitrogens with zero attached hydrogens (tertiary/aromatic N) is 4. The van der Waals surface area contributed by atoms with Gasteiger partial charge < -0.3 is 19.1 Å². The topological polar surface area (TPSA) is 33.5 Å². The SMILES string of the molecule is Cc1ccc(-c2ccc3c(c2N2[CH-]N(c4[c-]c(Oc5[c-]c6c(cc5)c5ccccc5n6-c5cc(C(C)(C)C)ccn5)ccc4)c4ccccc42)-c2ccccc2C3(C)C)cc1.[Pt]. The number of fused-ring (bicyclic) bond motifs is 7. The van der Waals surface area contributed by atoms with Crippen molar-refractivity contribution < 1.29 is 25.8 Å². The molecule has 0 amide bonds. The molecule has 62 heavy (non-hydrogen) atoms. The van der Waals surface area contributed by atoms with Gasteiger partial charge in [0, 0.05) is 77.9 Å². The van der Waals surface area contributed by atoms with Crippen LogP contribution >= 0.6 is 0 Å². The van der Waals surface area contributed by atoms with E-state index in [-0.39, 0.29) is 31.9 Å². The van der Waals surface area contributed by atoms with E-state index in [1.165, 1.54) is 50.2 Å². The van der Waals surface area contributed by atoms with E-state index in [9.17, 15) is 0 Å². The predicted octanol–water partition coefficient (Wildman–Crippen LogP) is 14.6. The molecule has 1 aliphatic heterocycles. The van der Waals surface area contributed by atoms with Crippen LogP contribution in [0.1, 0.15) is 56.9 Å². The van der Waals surface area contributed by atoms with E-state index in [4.69, 9.17) is 9.72 Å². The van der Waals surface area contributed by atoms with Crippen LogP contribution in [0.5, 0.6) is 11.5 Å². The van der Waals surface area contributed by atoms with Gasteiger partial charge in [-0.3, -0.25) is 0 Å². The molecule has 5 nitrogen and oxygen atoms in total. The van der Waals surface area contributed by atoms with Crippen molar-refractivity contribution in [3.8, 4) is 39.6 Å². The summed E-state index contributed by atoms with van der Waals surface area (Å²) in [7, 11) is 0. The maximum absolute atomic E-state index is 6.66. The molecule has 0 saturated heterocycles. The molecule has 6 heteroatoms. The summed E-state index contributed by atoms with van der Waals surface area (Å²) < 4.78 is 8.86. The van der Waals surface area contributed by atoms with Gasteiger partial charge in [-0.1, -0.05) is 137 Å². The molecular formula is C56H45N4OPt-3. The first-order chi connectivity index (χ1) is 29.5. The maximum atomic E-state index is 6.66. The number of pyridine rings is 1. The molecule has 3 heterocycles. The van der Waals surface area contributed by atoms with Crippen molar-refractivity contribution in [2.45, 2.75) is 52.4 Å². The Balaban J connectivity index is 0.00000458. The minimum absolute atomic E-state index is 0. The van der Waals surface area contributed by atoms with Gasteiger partial charge >= 0.3 is 0 Å². The smallest absolute Gasteiger partial charge is 0.135 e. The summed E-state index contributed by atoms with van der Waals surface area (Å²) in [5.41, 5.74) is 16.1. The average molecular weight is 985 g/mol. The Morgan fingerprint density at radius 1 is 0.645 bits per heavy atom. The van der Waals surface area contributed by atoms with Gasteiger partial charge in [0.05, 0.1) is 0 Å². The van der Waals surface area contributed by atoms with Crippen LogP contribution in [0.2, 0.25) is 0 Å². The zero-order chi connectivity index (χ0) is 41.6. The van der Waals surface area contributed by atoms with Gasteiger partial charge in [0.15, 0.2) is 0 Å². The number of aromatic nitrogens is 2. The second-order valence-electron chi connectivity index (χ2n) is 17.9. The minimum Gasteiger partial charge on any atom is -0.509 e. The zero-order valence-electron chi connectivity index (χ0n) is 35.6. The van der Waals surface area contributed by atoms with Crippen molar-refractivity contribution in [2.75, 3.05) is 9.80 Å². The van der Waals surface area contributed by atoms with Crippen LogP contribution in [0.4, 0.5) is 22.7 Å². The molecule has 11 rings (SSSR count). The number of anilines is 4. The van der Waals surface area contributed by atoms with Crippen molar-refractivity contribution in [1.29, 1.82) is 0 Å². The summed E-state index contributed by atoms with van der Waals surface area (Å²) in [4.78, 5) is 9.47. The molecule has 0 atom stereocenters. The molecule has 2 aliphatic rings. The first-order valence-corrected chi connectivity index (χ1v) is 21.0. The number of benzene rings is 7. The Morgan fingerprint density at radius 3 is 2.18 bits per heavy atom. The third-order valence-corrected chi connectivity index (χ3v) is 12.6. The predicted molar refractivity (Wildman–Crippen MR) is 251 cm³/mol. The molecule has 1 aliphatic carbocycles. The van der Waals surface area contributed by atoms with Gasteiger partial charge in [-0.2, -0.15) is 12.1 Å². The second kappa shape index (κ2) is 14.9. The summed E-state index contributed by atoms with van der Waals surface area (Å²) in [6.07, 6.45) is 1.90. The van der Waals surface area contributed by atoms with E-state index >= 15 is 0 Å². The molecule has 9 aromatic rings. The van der Waals surface area contributed by atoms with Crippen molar-refractivity contribution in [3.63, 3.8) is 0 Å². The first-order valence-electron chi connectivity index (χ1n) is 21.0. The normalized spacial score (nSPS) is 13.8. The zero-order valence-corrected chi connectivity index (χ0v) is 37.9. The van der Waals surface area contributed by atoms with Gasteiger partial charge in [-0.05, 0) is 75.9 Å². The molecule has 0 saturated carbocycles. The molecule has 0 bridgehead atoms. The summed E-state index contributed by atoms with van der Waals surface area (Å²) in [6, 6.07) is 61.3. The van der Waals surface area contributed by atoms with Gasteiger partial charge in [0.25, 0.3) is 0 Å². The molecule has 0 unspecified atom stereocenters. The van der Waals surface area contributed by atoms with Gasteiger partial charge in [0.1, 0.15) is 5.82 Å². The molecule has 0 N–H and O–H groups in total. The van der Waals surface area contributed by atoms with Crippen LogP contribution in [0.25, 0.3) is 49.9 Å². The Kier molecular flexibility index (Phi) is 9.53. The van der Waals surface area contributed by atoms with Crippen molar-refractivity contribution in [2.24, 2.45) is 0 Å². The van der Waals surface area contributed by atoms with Gasteiger partial charge in [-0.25, -0.2) is 4.98 Å². The molecular weight excluding hydrogens is 940 g/mol. The number of hydrogen-bond acceptors (Lipinski definition) is 4. The maximum Gasteiger partial charge on any atom is 0.135 e. The van der Waals surface area contributed by atoms with Crippen molar-refractivity contribution in [3.05, 3.63) is 199 Å². The van der Waals surface area contributed by atoms with E-state index in [1.54, 1.807) is 0 Å². The Morgan fingerprint density at radius 2 is 1.37 bits per heavy atom. The Hall–Kier alpha value is -6.42. The van der Waals surface area contributed by atoms with Crippen LogP contribution in [0.3, 0.4) is 0 Å². The molecule has 0 radical (unpaired) electrons. The van der Waals surface area contributed by atoms with Crippen molar-refractivity contribution in [1.82, 2.24) is 9.55 Å². The van der Waals surface area contributed by atoms with Crippen LogP contribution in [0.15, 0.2) is 158 Å². The number of para-hydroxylation sites is 3. The third kappa shape index (κ3) is 6.36. The number of rotatable bonds is 6. The summed E-state index contributed by atoms with van der Waals surface area (Å²) in [5.74, 6) is 2.06. The first kappa shape index (κ1) is 39.7. The van der Waals surface area contributed by atoms with Gasteiger partial charge in [-0.15, -0.1) is 48.1 Å². The Labute approximate surface area is 378 Å². The molecule has 7 aromatic carbocycles. The van der Waals surface area contributed by atoms with E-state index in [2.05, 4.69) is 208 Å². The monoisotopic (exact) mass is 984 g/mol. The fraction of sp³-hybridized carbons (Fsp3) is 0.143. The number of ether oxygens (including phenoxy) is 1. The van der Waals surface area contributed by atoms with E-state index in [0.29, 0.717) is 11.5 Å². The fourth-order valence-electron chi connectivity index (χ4n) is 9.41. The molecule has 308 valence electrons. The summed E-state index contributed by atoms with van der Waals surface area (Å²) in [6.45, 7) is 15.7. The van der Waals surface area contributed by atoms with Gasteiger partial charge in [0.2, 0.25) is 0 Å². The van der Waals surface area contributed by atoms with Crippen molar-refractivity contribution >= 4 is 44.6 Å². The van der Waals surface area contributed by atoms with E-state index in [0.717, 1.165) is 44.7 Å². The molecule has 0 spiro atoms. The minimum atomic E-state index is -0.147. The van der Waals surface area contributed by atoms with Crippen LogP contribution in [0, 0.1) is 25.7 Å². The number of hydrogen-bond donors (Lipinski definition) is 0. The standard InChI is InChI=1S/C56H45N4O.Pt/c1-36-22-24-37(25-23-36)42-28-29-47-53(45-17-7-9-18-46(45)56(47,5)6)54(42)59-35-58(49-20-11-12-21-50(49)59)39-14-13-15-40(33-39)61-41-26-27-44-43-16-8-10-19-48(43)60(51(44)34-41)52-32-38(30-31-57-52)55(2,3)4;/h7-32,35H,1-6H3;/q-3;. The van der Waals surface area contributed by atoms with Crippen LogP contribution in [-0.2, 0) is 31.9 Å². The largest absolute Gasteiger partial charge is 0.509 e. The van der Waals surface area contributed by atoms with Crippen LogP contribution in [-0.4, -0.2) is 9.55 Å². The molecule has 2 aromatic heterocycles. The second-order valence-corrected chi connectivity index (χ2v) is 17.9. The quantitative estimate of drug-likeness (QED) is 0.156. The van der Waals surface area contributed by atoms with E-state index < -0.39 is 0 Å². The average Bonchev–Trinajstić information content (AvgIpc) is 3.89. The van der Waals surface area contributed by atoms with Crippen LogP contribution < -0.4 is 14.5 Å². The summed E-state index contributed by atoms with van der Waals surface area (Å²) >= 11 is 0. The summed E-state index contributed by atoms with van der Waals surface area (Å²) in [5, 5.41) is 2.24.